The predicted octanol–water partition coefficient (Wildman–Crippen LogP) is 2.82. The maximum Gasteiger partial charge on any atom is 0.308 e. The van der Waals surface area contributed by atoms with E-state index in [1.54, 1.807) is 17.0 Å². The maximum atomic E-state index is 12.9. The van der Waals surface area contributed by atoms with Gasteiger partial charge < -0.3 is 24.2 Å². The highest BCUT2D eigenvalue weighted by Gasteiger charge is 2.29. The van der Waals surface area contributed by atoms with Crippen LogP contribution in [0.4, 0.5) is 0 Å². The number of hydrogen-bond acceptors (Lipinski definition) is 5. The van der Waals surface area contributed by atoms with Gasteiger partial charge in [0.1, 0.15) is 0 Å². The Balaban J connectivity index is 2.34. The standard InChI is InChI=1S/C19H27NO6/c1-4-24-15-10-14(11-16(25-5-2)17(15)26-6-3)18(21)20-9-7-8-13(12-20)19(22)23/h10-11,13H,4-9,12H2,1-3H3,(H,22,23). The zero-order chi connectivity index (χ0) is 19.1. The molecule has 0 bridgehead atoms. The van der Waals surface area contributed by atoms with E-state index >= 15 is 0 Å². The molecule has 0 radical (unpaired) electrons. The number of carboxylic acids is 1. The fourth-order valence-corrected chi connectivity index (χ4v) is 3.06. The molecular weight excluding hydrogens is 338 g/mol. The van der Waals surface area contributed by atoms with Gasteiger partial charge in [0.2, 0.25) is 5.75 Å². The van der Waals surface area contributed by atoms with Gasteiger partial charge in [0.05, 0.1) is 25.7 Å². The Hall–Kier alpha value is -2.44. The SMILES string of the molecule is CCOc1cc(C(=O)N2CCCC(C(=O)O)C2)cc(OCC)c1OCC. The third-order valence-corrected chi connectivity index (χ3v) is 4.21. The molecule has 0 saturated carbocycles. The lowest BCUT2D eigenvalue weighted by molar-refractivity contribution is -0.143. The normalized spacial score (nSPS) is 16.9. The number of ether oxygens (including phenoxy) is 3. The van der Waals surface area contributed by atoms with Gasteiger partial charge in [0, 0.05) is 18.7 Å². The molecular formula is C19H27NO6. The molecule has 1 heterocycles. The van der Waals surface area contributed by atoms with Gasteiger partial charge in [-0.05, 0) is 45.7 Å². The minimum absolute atomic E-state index is 0.218. The summed E-state index contributed by atoms with van der Waals surface area (Å²) in [6, 6.07) is 3.29. The van der Waals surface area contributed by atoms with E-state index in [1.165, 1.54) is 0 Å². The molecule has 1 aromatic rings. The molecule has 1 aliphatic heterocycles. The number of benzene rings is 1. The number of hydrogen-bond donors (Lipinski definition) is 1. The lowest BCUT2D eigenvalue weighted by Gasteiger charge is -2.31. The highest BCUT2D eigenvalue weighted by atomic mass is 16.5. The molecule has 1 saturated heterocycles. The number of carbonyl (C=O) groups is 2. The first kappa shape index (κ1) is 19.9. The fourth-order valence-electron chi connectivity index (χ4n) is 3.06. The highest BCUT2D eigenvalue weighted by Crippen LogP contribution is 2.39. The molecule has 1 aliphatic rings. The summed E-state index contributed by atoms with van der Waals surface area (Å²) < 4.78 is 16.9. The van der Waals surface area contributed by atoms with Crippen molar-refractivity contribution in [1.82, 2.24) is 4.90 Å². The van der Waals surface area contributed by atoms with Crippen LogP contribution in [-0.2, 0) is 4.79 Å². The van der Waals surface area contributed by atoms with E-state index < -0.39 is 11.9 Å². The van der Waals surface area contributed by atoms with E-state index in [-0.39, 0.29) is 12.5 Å². The first-order valence-corrected chi connectivity index (χ1v) is 9.10. The van der Waals surface area contributed by atoms with E-state index in [9.17, 15) is 14.7 Å². The van der Waals surface area contributed by atoms with Crippen LogP contribution in [0.3, 0.4) is 0 Å². The van der Waals surface area contributed by atoms with Gasteiger partial charge in [-0.15, -0.1) is 0 Å². The van der Waals surface area contributed by atoms with E-state index in [0.29, 0.717) is 62.0 Å². The molecule has 1 amide bonds. The zero-order valence-corrected chi connectivity index (χ0v) is 15.6. The largest absolute Gasteiger partial charge is 0.490 e. The monoisotopic (exact) mass is 365 g/mol. The summed E-state index contributed by atoms with van der Waals surface area (Å²) in [4.78, 5) is 25.8. The van der Waals surface area contributed by atoms with Crippen LogP contribution in [0, 0.1) is 5.92 Å². The Labute approximate surface area is 153 Å². The number of amides is 1. The average molecular weight is 365 g/mol. The molecule has 0 aliphatic carbocycles. The van der Waals surface area contributed by atoms with E-state index in [0.717, 1.165) is 0 Å². The van der Waals surface area contributed by atoms with Gasteiger partial charge >= 0.3 is 5.97 Å². The lowest BCUT2D eigenvalue weighted by Crippen LogP contribution is -2.42. The number of likely N-dealkylation sites (tertiary alicyclic amines) is 1. The minimum atomic E-state index is -0.862. The number of carbonyl (C=O) groups excluding carboxylic acids is 1. The van der Waals surface area contributed by atoms with Crippen LogP contribution in [0.5, 0.6) is 17.2 Å². The molecule has 26 heavy (non-hydrogen) atoms. The van der Waals surface area contributed by atoms with Crippen LogP contribution in [0.2, 0.25) is 0 Å². The summed E-state index contributed by atoms with van der Waals surface area (Å²) in [5, 5.41) is 9.24. The third-order valence-electron chi connectivity index (χ3n) is 4.21. The Bertz CT molecular complexity index is 618. The van der Waals surface area contributed by atoms with Crippen molar-refractivity contribution in [2.75, 3.05) is 32.9 Å². The smallest absolute Gasteiger partial charge is 0.308 e. The lowest BCUT2D eigenvalue weighted by atomic mass is 9.97. The average Bonchev–Trinajstić information content (AvgIpc) is 2.64. The summed E-state index contributed by atoms with van der Waals surface area (Å²) in [7, 11) is 0. The second-order valence-electron chi connectivity index (χ2n) is 6.03. The van der Waals surface area contributed by atoms with Crippen molar-refractivity contribution in [1.29, 1.82) is 0 Å². The van der Waals surface area contributed by atoms with Crippen LogP contribution in [0.1, 0.15) is 44.0 Å². The van der Waals surface area contributed by atoms with Crippen molar-refractivity contribution in [2.24, 2.45) is 5.92 Å². The van der Waals surface area contributed by atoms with Crippen LogP contribution >= 0.6 is 0 Å². The Kier molecular flexibility index (Phi) is 7.12. The molecule has 0 spiro atoms. The molecule has 2 rings (SSSR count). The van der Waals surface area contributed by atoms with Crippen molar-refractivity contribution in [3.8, 4) is 17.2 Å². The number of nitrogens with zero attached hydrogens (tertiary/aromatic N) is 1. The van der Waals surface area contributed by atoms with Crippen molar-refractivity contribution in [3.05, 3.63) is 17.7 Å². The second-order valence-corrected chi connectivity index (χ2v) is 6.03. The summed E-state index contributed by atoms with van der Waals surface area (Å²) in [5.41, 5.74) is 0.409. The van der Waals surface area contributed by atoms with Gasteiger partial charge in [0.25, 0.3) is 5.91 Å². The number of carboxylic acid groups (broad SMARTS) is 1. The number of rotatable bonds is 8. The first-order valence-electron chi connectivity index (χ1n) is 9.10. The summed E-state index contributed by atoms with van der Waals surface area (Å²) in [6.07, 6.45) is 1.27. The van der Waals surface area contributed by atoms with E-state index in [1.807, 2.05) is 20.8 Å². The highest BCUT2D eigenvalue weighted by molar-refractivity contribution is 5.96. The Morgan fingerprint density at radius 2 is 1.65 bits per heavy atom. The van der Waals surface area contributed by atoms with Crippen molar-refractivity contribution >= 4 is 11.9 Å². The molecule has 0 aromatic heterocycles. The second kappa shape index (κ2) is 9.31. The molecule has 1 N–H and O–H groups in total. The van der Waals surface area contributed by atoms with E-state index in [4.69, 9.17) is 14.2 Å². The van der Waals surface area contributed by atoms with Gasteiger partial charge in [-0.2, -0.15) is 0 Å². The van der Waals surface area contributed by atoms with Gasteiger partial charge in [0.15, 0.2) is 11.5 Å². The number of aliphatic carboxylic acids is 1. The maximum absolute atomic E-state index is 12.9. The summed E-state index contributed by atoms with van der Waals surface area (Å²) >= 11 is 0. The topological polar surface area (TPSA) is 85.3 Å². The number of piperidine rings is 1. The van der Waals surface area contributed by atoms with Gasteiger partial charge in [-0.25, -0.2) is 0 Å². The molecule has 1 unspecified atom stereocenters. The van der Waals surface area contributed by atoms with Crippen molar-refractivity contribution in [3.63, 3.8) is 0 Å². The fraction of sp³-hybridized carbons (Fsp3) is 0.579. The van der Waals surface area contributed by atoms with Crippen LogP contribution in [0.25, 0.3) is 0 Å². The molecule has 1 atom stereocenters. The first-order chi connectivity index (χ1) is 12.5. The van der Waals surface area contributed by atoms with Crippen LogP contribution in [0.15, 0.2) is 12.1 Å². The van der Waals surface area contributed by atoms with Crippen LogP contribution in [-0.4, -0.2) is 54.8 Å². The Morgan fingerprint density at radius 3 is 2.15 bits per heavy atom. The third kappa shape index (κ3) is 4.59. The molecule has 1 fully saturated rings. The quantitative estimate of drug-likeness (QED) is 0.762. The predicted molar refractivity (Wildman–Crippen MR) is 96.2 cm³/mol. The molecule has 7 heteroatoms. The van der Waals surface area contributed by atoms with Crippen molar-refractivity contribution in [2.45, 2.75) is 33.6 Å². The Morgan fingerprint density at radius 1 is 1.08 bits per heavy atom. The summed E-state index contributed by atoms with van der Waals surface area (Å²) in [5.74, 6) is -0.214. The van der Waals surface area contributed by atoms with Gasteiger partial charge in [-0.3, -0.25) is 9.59 Å². The molecule has 144 valence electrons. The molecule has 7 nitrogen and oxygen atoms in total. The zero-order valence-electron chi connectivity index (χ0n) is 15.6. The molecule has 1 aromatic carbocycles. The summed E-state index contributed by atoms with van der Waals surface area (Å²) in [6.45, 7) is 7.63. The van der Waals surface area contributed by atoms with Gasteiger partial charge in [-0.1, -0.05) is 0 Å². The van der Waals surface area contributed by atoms with Crippen LogP contribution < -0.4 is 14.2 Å². The van der Waals surface area contributed by atoms with E-state index in [2.05, 4.69) is 0 Å². The van der Waals surface area contributed by atoms with Crippen molar-refractivity contribution < 1.29 is 28.9 Å². The minimum Gasteiger partial charge on any atom is -0.490 e.